The Kier molecular flexibility index (Phi) is 3.42. The predicted molar refractivity (Wildman–Crippen MR) is 75.7 cm³/mol. The van der Waals surface area contributed by atoms with Crippen molar-refractivity contribution in [1.82, 2.24) is 5.43 Å². The van der Waals surface area contributed by atoms with Crippen LogP contribution in [0.5, 0.6) is 17.2 Å². The summed E-state index contributed by atoms with van der Waals surface area (Å²) in [7, 11) is 0. The highest BCUT2D eigenvalue weighted by molar-refractivity contribution is 5.95. The van der Waals surface area contributed by atoms with Crippen molar-refractivity contribution in [1.29, 1.82) is 0 Å². The van der Waals surface area contributed by atoms with Crippen molar-refractivity contribution in [3.63, 3.8) is 0 Å². The van der Waals surface area contributed by atoms with Gasteiger partial charge in [0.1, 0.15) is 5.75 Å². The Morgan fingerprint density at radius 3 is 2.90 bits per heavy atom. The summed E-state index contributed by atoms with van der Waals surface area (Å²) in [6.07, 6.45) is 1.50. The maximum absolute atomic E-state index is 11.8. The lowest BCUT2D eigenvalue weighted by Gasteiger charge is -2.00. The maximum atomic E-state index is 11.8. The summed E-state index contributed by atoms with van der Waals surface area (Å²) >= 11 is 0. The first kappa shape index (κ1) is 13.0. The summed E-state index contributed by atoms with van der Waals surface area (Å²) in [6.45, 7) is 0.212. The van der Waals surface area contributed by atoms with Crippen molar-refractivity contribution in [2.24, 2.45) is 5.10 Å². The largest absolute Gasteiger partial charge is 0.508 e. The number of fused-ring (bicyclic) bond motifs is 1. The zero-order chi connectivity index (χ0) is 14.7. The lowest BCUT2D eigenvalue weighted by molar-refractivity contribution is 0.0954. The summed E-state index contributed by atoms with van der Waals surface area (Å²) in [4.78, 5) is 11.8. The molecule has 1 aliphatic rings. The van der Waals surface area contributed by atoms with Crippen LogP contribution in [-0.4, -0.2) is 24.0 Å². The number of hydrogen-bond donors (Lipinski definition) is 2. The third-order valence-corrected chi connectivity index (χ3v) is 2.88. The number of amides is 1. The van der Waals surface area contributed by atoms with E-state index in [4.69, 9.17) is 9.47 Å². The van der Waals surface area contributed by atoms with E-state index in [-0.39, 0.29) is 12.5 Å². The van der Waals surface area contributed by atoms with Crippen LogP contribution >= 0.6 is 0 Å². The second kappa shape index (κ2) is 5.54. The van der Waals surface area contributed by atoms with E-state index in [1.54, 1.807) is 30.3 Å². The number of phenols is 1. The Morgan fingerprint density at radius 1 is 1.19 bits per heavy atom. The molecule has 106 valence electrons. The van der Waals surface area contributed by atoms with E-state index >= 15 is 0 Å². The molecule has 1 amide bonds. The van der Waals surface area contributed by atoms with Gasteiger partial charge in [0, 0.05) is 5.56 Å². The van der Waals surface area contributed by atoms with E-state index < -0.39 is 5.91 Å². The average Bonchev–Trinajstić information content (AvgIpc) is 2.94. The minimum absolute atomic E-state index is 0.0300. The smallest absolute Gasteiger partial charge is 0.271 e. The molecule has 0 saturated heterocycles. The van der Waals surface area contributed by atoms with Gasteiger partial charge < -0.3 is 14.6 Å². The predicted octanol–water partition coefficient (Wildman–Crippen LogP) is 1.88. The van der Waals surface area contributed by atoms with Gasteiger partial charge in [-0.2, -0.15) is 5.10 Å². The number of phenolic OH excluding ortho intramolecular Hbond substituents is 1. The molecule has 0 atom stereocenters. The fourth-order valence-corrected chi connectivity index (χ4v) is 1.87. The Morgan fingerprint density at radius 2 is 2.05 bits per heavy atom. The van der Waals surface area contributed by atoms with Crippen molar-refractivity contribution in [2.45, 2.75) is 0 Å². The molecule has 1 aliphatic heterocycles. The lowest BCUT2D eigenvalue weighted by atomic mass is 10.2. The van der Waals surface area contributed by atoms with Gasteiger partial charge in [-0.1, -0.05) is 6.07 Å². The molecule has 0 aliphatic carbocycles. The normalized spacial score (nSPS) is 12.6. The molecule has 0 spiro atoms. The number of nitrogens with one attached hydrogen (secondary N) is 1. The van der Waals surface area contributed by atoms with Gasteiger partial charge in [0.05, 0.1) is 6.21 Å². The van der Waals surface area contributed by atoms with Crippen molar-refractivity contribution >= 4 is 12.1 Å². The molecule has 1 heterocycles. The van der Waals surface area contributed by atoms with E-state index in [1.165, 1.54) is 18.3 Å². The zero-order valence-electron chi connectivity index (χ0n) is 10.9. The molecule has 0 aromatic heterocycles. The number of carbonyl (C=O) groups excluding carboxylic acids is 1. The van der Waals surface area contributed by atoms with Gasteiger partial charge in [0.25, 0.3) is 5.91 Å². The Bertz CT molecular complexity index is 713. The van der Waals surface area contributed by atoms with Gasteiger partial charge in [-0.25, -0.2) is 5.43 Å². The standard InChI is InChI=1S/C15H12N2O4/c18-12-3-1-2-11(7-12)15(19)17-16-8-10-4-5-13-14(6-10)21-9-20-13/h1-8,18H,9H2,(H,17,19)/b16-8+. The number of benzene rings is 2. The van der Waals surface area contributed by atoms with Crippen LogP contribution in [0, 0.1) is 0 Å². The molecule has 0 fully saturated rings. The Labute approximate surface area is 120 Å². The highest BCUT2D eigenvalue weighted by atomic mass is 16.7. The Balaban J connectivity index is 1.65. The van der Waals surface area contributed by atoms with E-state index in [9.17, 15) is 9.90 Å². The van der Waals surface area contributed by atoms with Crippen LogP contribution in [0.2, 0.25) is 0 Å². The van der Waals surface area contributed by atoms with Crippen molar-refractivity contribution < 1.29 is 19.4 Å². The molecular weight excluding hydrogens is 272 g/mol. The van der Waals surface area contributed by atoms with Gasteiger partial charge >= 0.3 is 0 Å². The molecule has 6 heteroatoms. The van der Waals surface area contributed by atoms with Gasteiger partial charge in [-0.15, -0.1) is 0 Å². The number of nitrogens with zero attached hydrogens (tertiary/aromatic N) is 1. The second-order valence-electron chi connectivity index (χ2n) is 4.36. The first-order valence-electron chi connectivity index (χ1n) is 6.24. The molecule has 2 aromatic carbocycles. The molecule has 3 rings (SSSR count). The van der Waals surface area contributed by atoms with Crippen LogP contribution in [-0.2, 0) is 0 Å². The summed E-state index contributed by atoms with van der Waals surface area (Å²) in [5.74, 6) is 0.972. The third-order valence-electron chi connectivity index (χ3n) is 2.88. The summed E-state index contributed by atoms with van der Waals surface area (Å²) in [6, 6.07) is 11.4. The molecule has 0 unspecified atom stereocenters. The number of hydrazone groups is 1. The van der Waals surface area contributed by atoms with E-state index in [0.29, 0.717) is 17.1 Å². The topological polar surface area (TPSA) is 80.2 Å². The second-order valence-corrected chi connectivity index (χ2v) is 4.36. The number of aromatic hydroxyl groups is 1. The average molecular weight is 284 g/mol. The van der Waals surface area contributed by atoms with Gasteiger partial charge in [0.2, 0.25) is 6.79 Å². The number of rotatable bonds is 3. The zero-order valence-corrected chi connectivity index (χ0v) is 10.9. The third kappa shape index (κ3) is 2.94. The van der Waals surface area contributed by atoms with Crippen LogP contribution in [0.15, 0.2) is 47.6 Å². The quantitative estimate of drug-likeness (QED) is 0.666. The summed E-state index contributed by atoms with van der Waals surface area (Å²) in [5.41, 5.74) is 3.49. The van der Waals surface area contributed by atoms with Crippen molar-refractivity contribution in [3.8, 4) is 17.2 Å². The molecule has 21 heavy (non-hydrogen) atoms. The molecule has 2 aromatic rings. The molecule has 0 radical (unpaired) electrons. The lowest BCUT2D eigenvalue weighted by Crippen LogP contribution is -2.17. The fourth-order valence-electron chi connectivity index (χ4n) is 1.87. The van der Waals surface area contributed by atoms with E-state index in [1.807, 2.05) is 0 Å². The number of ether oxygens (including phenoxy) is 2. The highest BCUT2D eigenvalue weighted by Crippen LogP contribution is 2.31. The fraction of sp³-hybridized carbons (Fsp3) is 0.0667. The van der Waals surface area contributed by atoms with Crippen LogP contribution in [0.4, 0.5) is 0 Å². The van der Waals surface area contributed by atoms with E-state index in [0.717, 1.165) is 5.56 Å². The van der Waals surface area contributed by atoms with Crippen LogP contribution < -0.4 is 14.9 Å². The first-order valence-corrected chi connectivity index (χ1v) is 6.24. The van der Waals surface area contributed by atoms with E-state index in [2.05, 4.69) is 10.5 Å². The summed E-state index contributed by atoms with van der Waals surface area (Å²) < 4.78 is 10.5. The maximum Gasteiger partial charge on any atom is 0.271 e. The van der Waals surface area contributed by atoms with Crippen LogP contribution in [0.3, 0.4) is 0 Å². The van der Waals surface area contributed by atoms with Gasteiger partial charge in [-0.05, 0) is 42.0 Å². The number of hydrogen-bond acceptors (Lipinski definition) is 5. The summed E-state index contributed by atoms with van der Waals surface area (Å²) in [5, 5.41) is 13.2. The molecule has 0 saturated carbocycles. The minimum Gasteiger partial charge on any atom is -0.508 e. The molecule has 6 nitrogen and oxygen atoms in total. The highest BCUT2D eigenvalue weighted by Gasteiger charge is 2.12. The molecule has 0 bridgehead atoms. The van der Waals surface area contributed by atoms with Gasteiger partial charge in [0.15, 0.2) is 11.5 Å². The van der Waals surface area contributed by atoms with Crippen LogP contribution in [0.1, 0.15) is 15.9 Å². The Hall–Kier alpha value is -3.02. The molecular formula is C15H12N2O4. The minimum atomic E-state index is -0.400. The SMILES string of the molecule is O=C(N/N=C/c1ccc2c(c1)OCO2)c1cccc(O)c1. The monoisotopic (exact) mass is 284 g/mol. The first-order chi connectivity index (χ1) is 10.2. The van der Waals surface area contributed by atoms with Crippen molar-refractivity contribution in [3.05, 3.63) is 53.6 Å². The molecule has 2 N–H and O–H groups in total. The number of carbonyl (C=O) groups is 1. The van der Waals surface area contributed by atoms with Crippen LogP contribution in [0.25, 0.3) is 0 Å². The van der Waals surface area contributed by atoms with Crippen molar-refractivity contribution in [2.75, 3.05) is 6.79 Å². The van der Waals surface area contributed by atoms with Gasteiger partial charge in [-0.3, -0.25) is 4.79 Å².